The number of nitrogens with one attached hydrogen (secondary N) is 1. The summed E-state index contributed by atoms with van der Waals surface area (Å²) in [4.78, 5) is 2.33. The summed E-state index contributed by atoms with van der Waals surface area (Å²) in [5, 5.41) is 3.22. The molecule has 2 heterocycles. The van der Waals surface area contributed by atoms with Gasteiger partial charge in [-0.15, -0.1) is 12.6 Å². The van der Waals surface area contributed by atoms with Gasteiger partial charge in [-0.1, -0.05) is 30.3 Å². The molecule has 2 unspecified atom stereocenters. The highest BCUT2D eigenvalue weighted by molar-refractivity contribution is 7.80. The molecule has 0 radical (unpaired) electrons. The zero-order chi connectivity index (χ0) is 10.3. The Morgan fingerprint density at radius 3 is 2.80 bits per heavy atom. The average Bonchev–Trinajstić information content (AvgIpc) is 2.83. The number of nitrogens with zero attached hydrogens (tertiary/aromatic N) is 1. The molecular weight excluding hydrogens is 204 g/mol. The van der Waals surface area contributed by atoms with E-state index in [4.69, 9.17) is 0 Å². The number of allylic oxidation sites excluding steroid dienone is 1. The summed E-state index contributed by atoms with van der Waals surface area (Å²) in [6.07, 6.45) is 3.23. The lowest BCUT2D eigenvalue weighted by Gasteiger charge is -2.20. The fraction of sp³-hybridized carbons (Fsp3) is 0.333. The van der Waals surface area contributed by atoms with Crippen molar-refractivity contribution < 1.29 is 0 Å². The van der Waals surface area contributed by atoms with Crippen molar-refractivity contribution in [3.05, 3.63) is 47.8 Å². The second-order valence-electron chi connectivity index (χ2n) is 4.14. The monoisotopic (exact) mass is 218 g/mol. The van der Waals surface area contributed by atoms with E-state index in [1.807, 2.05) is 0 Å². The topological polar surface area (TPSA) is 15.3 Å². The van der Waals surface area contributed by atoms with Gasteiger partial charge in [0.15, 0.2) is 0 Å². The van der Waals surface area contributed by atoms with Crippen LogP contribution in [-0.4, -0.2) is 16.9 Å². The fourth-order valence-electron chi connectivity index (χ4n) is 2.40. The van der Waals surface area contributed by atoms with Gasteiger partial charge in [-0.05, 0) is 12.0 Å². The SMILES string of the molecule is SC1NC=C2CC(c3ccccc3)CN21. The summed E-state index contributed by atoms with van der Waals surface area (Å²) in [6.45, 7) is 1.08. The molecule has 0 spiro atoms. The van der Waals surface area contributed by atoms with Crippen LogP contribution in [-0.2, 0) is 0 Å². The van der Waals surface area contributed by atoms with Crippen molar-refractivity contribution in [1.82, 2.24) is 10.2 Å². The van der Waals surface area contributed by atoms with Gasteiger partial charge in [0.1, 0.15) is 5.50 Å². The van der Waals surface area contributed by atoms with E-state index in [2.05, 4.69) is 59.4 Å². The highest BCUT2D eigenvalue weighted by Crippen LogP contribution is 2.37. The molecule has 0 aliphatic carbocycles. The van der Waals surface area contributed by atoms with E-state index < -0.39 is 0 Å². The quantitative estimate of drug-likeness (QED) is 0.702. The van der Waals surface area contributed by atoms with Crippen LogP contribution in [0.25, 0.3) is 0 Å². The lowest BCUT2D eigenvalue weighted by atomic mass is 9.98. The summed E-state index contributed by atoms with van der Waals surface area (Å²) in [5.41, 5.74) is 3.01. The van der Waals surface area contributed by atoms with Gasteiger partial charge in [0, 0.05) is 24.4 Å². The van der Waals surface area contributed by atoms with Crippen molar-refractivity contribution in [3.63, 3.8) is 0 Å². The van der Waals surface area contributed by atoms with E-state index in [0.29, 0.717) is 5.92 Å². The van der Waals surface area contributed by atoms with Crippen molar-refractivity contribution in [2.24, 2.45) is 0 Å². The highest BCUT2D eigenvalue weighted by Gasteiger charge is 2.33. The third-order valence-corrected chi connectivity index (χ3v) is 3.63. The first-order valence-electron chi connectivity index (χ1n) is 5.29. The predicted molar refractivity (Wildman–Crippen MR) is 64.5 cm³/mol. The Labute approximate surface area is 95.4 Å². The lowest BCUT2D eigenvalue weighted by molar-refractivity contribution is 0.372. The van der Waals surface area contributed by atoms with Gasteiger partial charge in [-0.25, -0.2) is 0 Å². The molecule has 1 fully saturated rings. The van der Waals surface area contributed by atoms with Crippen LogP contribution in [0.15, 0.2) is 42.2 Å². The lowest BCUT2D eigenvalue weighted by Crippen LogP contribution is -2.30. The van der Waals surface area contributed by atoms with E-state index in [9.17, 15) is 0 Å². The number of benzene rings is 1. The Hall–Kier alpha value is -1.09. The summed E-state index contributed by atoms with van der Waals surface area (Å²) in [5.74, 6) is 0.634. The van der Waals surface area contributed by atoms with E-state index in [1.165, 1.54) is 11.3 Å². The van der Waals surface area contributed by atoms with Crippen molar-refractivity contribution in [2.75, 3.05) is 6.54 Å². The van der Waals surface area contributed by atoms with Gasteiger partial charge in [0.05, 0.1) is 0 Å². The molecule has 15 heavy (non-hydrogen) atoms. The van der Waals surface area contributed by atoms with Crippen LogP contribution in [0.4, 0.5) is 0 Å². The normalized spacial score (nSPS) is 28.6. The highest BCUT2D eigenvalue weighted by atomic mass is 32.1. The molecule has 0 saturated carbocycles. The number of thiol groups is 1. The maximum absolute atomic E-state index is 4.48. The average molecular weight is 218 g/mol. The molecule has 1 N–H and O–H groups in total. The van der Waals surface area contributed by atoms with Gasteiger partial charge in [0.25, 0.3) is 0 Å². The van der Waals surface area contributed by atoms with E-state index >= 15 is 0 Å². The van der Waals surface area contributed by atoms with Crippen LogP contribution in [0.5, 0.6) is 0 Å². The first-order valence-corrected chi connectivity index (χ1v) is 5.81. The smallest absolute Gasteiger partial charge is 0.144 e. The summed E-state index contributed by atoms with van der Waals surface area (Å²) in [7, 11) is 0. The molecule has 1 aromatic rings. The number of fused-ring (bicyclic) bond motifs is 1. The van der Waals surface area contributed by atoms with Crippen LogP contribution < -0.4 is 5.32 Å². The summed E-state index contributed by atoms with van der Waals surface area (Å²) < 4.78 is 0. The Morgan fingerprint density at radius 2 is 2.07 bits per heavy atom. The molecule has 0 amide bonds. The van der Waals surface area contributed by atoms with Crippen LogP contribution in [0.1, 0.15) is 17.9 Å². The van der Waals surface area contributed by atoms with Gasteiger partial charge >= 0.3 is 0 Å². The zero-order valence-electron chi connectivity index (χ0n) is 8.43. The van der Waals surface area contributed by atoms with Crippen LogP contribution in [0.3, 0.4) is 0 Å². The minimum Gasteiger partial charge on any atom is -0.361 e. The largest absolute Gasteiger partial charge is 0.361 e. The molecule has 0 bridgehead atoms. The molecule has 3 rings (SSSR count). The zero-order valence-corrected chi connectivity index (χ0v) is 9.32. The number of hydrogen-bond donors (Lipinski definition) is 2. The van der Waals surface area contributed by atoms with Gasteiger partial charge in [0.2, 0.25) is 0 Å². The van der Waals surface area contributed by atoms with Crippen molar-refractivity contribution >= 4 is 12.6 Å². The second kappa shape index (κ2) is 3.49. The van der Waals surface area contributed by atoms with Crippen LogP contribution >= 0.6 is 12.6 Å². The predicted octanol–water partition coefficient (Wildman–Crippen LogP) is 2.13. The van der Waals surface area contributed by atoms with Gasteiger partial charge < -0.3 is 10.2 Å². The van der Waals surface area contributed by atoms with Crippen molar-refractivity contribution in [2.45, 2.75) is 17.8 Å². The maximum Gasteiger partial charge on any atom is 0.144 e. The molecular formula is C12H14N2S. The minimum atomic E-state index is 0.175. The minimum absolute atomic E-state index is 0.175. The summed E-state index contributed by atoms with van der Waals surface area (Å²) >= 11 is 4.48. The molecule has 0 aromatic heterocycles. The fourth-order valence-corrected chi connectivity index (χ4v) is 2.71. The molecule has 3 heteroatoms. The first kappa shape index (κ1) is 9.16. The van der Waals surface area contributed by atoms with Gasteiger partial charge in [-0.2, -0.15) is 0 Å². The first-order chi connectivity index (χ1) is 7.34. The standard InChI is InChI=1S/C12H14N2S/c15-12-13-7-11-6-10(8-14(11)12)9-4-2-1-3-5-9/h1-5,7,10,12-13,15H,6,8H2. The molecule has 2 atom stereocenters. The van der Waals surface area contributed by atoms with E-state index in [-0.39, 0.29) is 5.50 Å². The molecule has 1 saturated heterocycles. The third-order valence-electron chi connectivity index (χ3n) is 3.21. The molecule has 2 aliphatic rings. The Kier molecular flexibility index (Phi) is 2.13. The number of rotatable bonds is 1. The van der Waals surface area contributed by atoms with E-state index in [0.717, 1.165) is 13.0 Å². The second-order valence-corrected chi connectivity index (χ2v) is 4.63. The van der Waals surface area contributed by atoms with Crippen LogP contribution in [0, 0.1) is 0 Å². The van der Waals surface area contributed by atoms with Gasteiger partial charge in [-0.3, -0.25) is 0 Å². The third kappa shape index (κ3) is 1.51. The summed E-state index contributed by atoms with van der Waals surface area (Å²) in [6, 6.07) is 10.7. The Bertz CT molecular complexity index is 388. The van der Waals surface area contributed by atoms with E-state index in [1.54, 1.807) is 0 Å². The molecule has 1 aromatic carbocycles. The maximum atomic E-state index is 4.48. The Balaban J connectivity index is 1.83. The molecule has 2 nitrogen and oxygen atoms in total. The molecule has 2 aliphatic heterocycles. The van der Waals surface area contributed by atoms with Crippen molar-refractivity contribution in [3.8, 4) is 0 Å². The Morgan fingerprint density at radius 1 is 1.27 bits per heavy atom. The molecule has 78 valence electrons. The number of hydrogen-bond acceptors (Lipinski definition) is 3. The van der Waals surface area contributed by atoms with Crippen LogP contribution in [0.2, 0.25) is 0 Å². The van der Waals surface area contributed by atoms with Crippen molar-refractivity contribution in [1.29, 1.82) is 0 Å².